The lowest BCUT2D eigenvalue weighted by molar-refractivity contribution is 0.321. The number of rotatable bonds is 5. The van der Waals surface area contributed by atoms with Gasteiger partial charge in [-0.25, -0.2) is 0 Å². The minimum Gasteiger partial charge on any atom is -0.493 e. The monoisotopic (exact) mass is 273 g/mol. The van der Waals surface area contributed by atoms with E-state index in [1.807, 2.05) is 42.5 Å². The number of benzene rings is 2. The zero-order valence-corrected chi connectivity index (χ0v) is 11.9. The van der Waals surface area contributed by atoms with Gasteiger partial charge in [-0.1, -0.05) is 30.3 Å². The van der Waals surface area contributed by atoms with Crippen LogP contribution in [0, 0.1) is 0 Å². The average Bonchev–Trinajstić information content (AvgIpc) is 2.53. The predicted molar refractivity (Wildman–Crippen MR) is 78.6 cm³/mol. The molecule has 0 aliphatic rings. The van der Waals surface area contributed by atoms with Gasteiger partial charge in [0.15, 0.2) is 11.5 Å². The first-order valence-corrected chi connectivity index (χ1v) is 6.32. The largest absolute Gasteiger partial charge is 0.493 e. The summed E-state index contributed by atoms with van der Waals surface area (Å²) in [6.07, 6.45) is 0. The van der Waals surface area contributed by atoms with Gasteiger partial charge < -0.3 is 19.9 Å². The maximum Gasteiger partial charge on any atom is 0.203 e. The fraction of sp³-hybridized carbons (Fsp3) is 0.250. The Kier molecular flexibility index (Phi) is 4.48. The van der Waals surface area contributed by atoms with Crippen molar-refractivity contribution in [1.29, 1.82) is 0 Å². The second-order valence-electron chi connectivity index (χ2n) is 4.31. The smallest absolute Gasteiger partial charge is 0.203 e. The van der Waals surface area contributed by atoms with Crippen LogP contribution >= 0.6 is 0 Å². The van der Waals surface area contributed by atoms with E-state index in [2.05, 4.69) is 0 Å². The lowest BCUT2D eigenvalue weighted by Crippen LogP contribution is -2.13. The van der Waals surface area contributed by atoms with Crippen molar-refractivity contribution in [3.63, 3.8) is 0 Å². The predicted octanol–water partition coefficient (Wildman–Crippen LogP) is 2.76. The Hall–Kier alpha value is -2.20. The van der Waals surface area contributed by atoms with Crippen molar-refractivity contribution in [1.82, 2.24) is 0 Å². The van der Waals surface area contributed by atoms with Crippen molar-refractivity contribution < 1.29 is 14.2 Å². The number of ether oxygens (including phenoxy) is 3. The highest BCUT2D eigenvalue weighted by Crippen LogP contribution is 2.42. The quantitative estimate of drug-likeness (QED) is 0.910. The van der Waals surface area contributed by atoms with Gasteiger partial charge in [0.25, 0.3) is 0 Å². The molecule has 4 heteroatoms. The molecule has 0 aliphatic heterocycles. The first kappa shape index (κ1) is 14.2. The molecule has 4 nitrogen and oxygen atoms in total. The van der Waals surface area contributed by atoms with E-state index in [1.54, 1.807) is 21.3 Å². The molecule has 0 fully saturated rings. The van der Waals surface area contributed by atoms with E-state index in [1.165, 1.54) is 0 Å². The lowest BCUT2D eigenvalue weighted by Gasteiger charge is -2.20. The average molecular weight is 273 g/mol. The van der Waals surface area contributed by atoms with Crippen LogP contribution in [0.4, 0.5) is 0 Å². The normalized spacial score (nSPS) is 11.8. The first-order chi connectivity index (χ1) is 9.72. The number of methoxy groups -OCH3 is 3. The Morgan fingerprint density at radius 3 is 2.00 bits per heavy atom. The molecule has 0 aliphatic carbocycles. The van der Waals surface area contributed by atoms with E-state index >= 15 is 0 Å². The van der Waals surface area contributed by atoms with Gasteiger partial charge in [-0.3, -0.25) is 0 Å². The van der Waals surface area contributed by atoms with E-state index in [-0.39, 0.29) is 6.04 Å². The van der Waals surface area contributed by atoms with Crippen LogP contribution < -0.4 is 19.9 Å². The highest BCUT2D eigenvalue weighted by molar-refractivity contribution is 5.58. The van der Waals surface area contributed by atoms with E-state index in [4.69, 9.17) is 19.9 Å². The fourth-order valence-electron chi connectivity index (χ4n) is 2.21. The van der Waals surface area contributed by atoms with Crippen LogP contribution in [0.25, 0.3) is 0 Å². The van der Waals surface area contributed by atoms with Crippen LogP contribution in [0.3, 0.4) is 0 Å². The summed E-state index contributed by atoms with van der Waals surface area (Å²) in [5.41, 5.74) is 8.20. The highest BCUT2D eigenvalue weighted by atomic mass is 16.5. The van der Waals surface area contributed by atoms with Crippen LogP contribution in [0.5, 0.6) is 17.2 Å². The molecule has 1 atom stereocenters. The lowest BCUT2D eigenvalue weighted by atomic mass is 9.98. The topological polar surface area (TPSA) is 53.7 Å². The van der Waals surface area contributed by atoms with E-state index < -0.39 is 0 Å². The molecule has 0 saturated heterocycles. The molecule has 0 heterocycles. The summed E-state index contributed by atoms with van der Waals surface area (Å²) in [7, 11) is 4.77. The fourth-order valence-corrected chi connectivity index (χ4v) is 2.21. The maximum atomic E-state index is 6.33. The van der Waals surface area contributed by atoms with Gasteiger partial charge >= 0.3 is 0 Å². The molecular weight excluding hydrogens is 254 g/mol. The third-order valence-corrected chi connectivity index (χ3v) is 3.23. The second kappa shape index (κ2) is 6.30. The molecule has 1 unspecified atom stereocenters. The summed E-state index contributed by atoms with van der Waals surface area (Å²) in [4.78, 5) is 0. The summed E-state index contributed by atoms with van der Waals surface area (Å²) in [5.74, 6) is 1.77. The summed E-state index contributed by atoms with van der Waals surface area (Å²) < 4.78 is 16.1. The van der Waals surface area contributed by atoms with Crippen LogP contribution in [0.15, 0.2) is 42.5 Å². The molecule has 0 bridgehead atoms. The minimum atomic E-state index is -0.286. The number of nitrogens with two attached hydrogens (primary N) is 1. The molecule has 0 saturated carbocycles. The standard InChI is InChI=1S/C16H19NO3/c1-18-13-10-9-12(15(19-2)16(13)20-3)14(17)11-7-5-4-6-8-11/h4-10,14H,17H2,1-3H3. The molecule has 2 rings (SSSR count). The van der Waals surface area contributed by atoms with Crippen molar-refractivity contribution in [2.24, 2.45) is 5.73 Å². The SMILES string of the molecule is COc1ccc(C(N)c2ccccc2)c(OC)c1OC. The van der Waals surface area contributed by atoms with Crippen molar-refractivity contribution in [3.05, 3.63) is 53.6 Å². The minimum absolute atomic E-state index is 0.286. The second-order valence-corrected chi connectivity index (χ2v) is 4.31. The summed E-state index contributed by atoms with van der Waals surface area (Å²) >= 11 is 0. The number of hydrogen-bond acceptors (Lipinski definition) is 4. The first-order valence-electron chi connectivity index (χ1n) is 6.32. The molecule has 2 aromatic rings. The Labute approximate surface area is 119 Å². The third kappa shape index (κ3) is 2.56. The zero-order chi connectivity index (χ0) is 14.5. The van der Waals surface area contributed by atoms with E-state index in [9.17, 15) is 0 Å². The third-order valence-electron chi connectivity index (χ3n) is 3.23. The Bertz CT molecular complexity index is 569. The van der Waals surface area contributed by atoms with Gasteiger partial charge in [-0.05, 0) is 17.7 Å². The Morgan fingerprint density at radius 2 is 1.45 bits per heavy atom. The summed E-state index contributed by atoms with van der Waals surface area (Å²) in [6.45, 7) is 0. The van der Waals surface area contributed by atoms with Crippen LogP contribution in [-0.4, -0.2) is 21.3 Å². The van der Waals surface area contributed by atoms with Crippen molar-refractivity contribution in [2.45, 2.75) is 6.04 Å². The van der Waals surface area contributed by atoms with E-state index in [0.29, 0.717) is 17.2 Å². The van der Waals surface area contributed by atoms with Crippen molar-refractivity contribution in [3.8, 4) is 17.2 Å². The molecule has 0 radical (unpaired) electrons. The molecule has 106 valence electrons. The Balaban J connectivity index is 2.51. The summed E-state index contributed by atoms with van der Waals surface area (Å²) in [5, 5.41) is 0. The Morgan fingerprint density at radius 1 is 0.800 bits per heavy atom. The molecule has 2 aromatic carbocycles. The van der Waals surface area contributed by atoms with Gasteiger partial charge in [0.05, 0.1) is 27.4 Å². The van der Waals surface area contributed by atoms with Gasteiger partial charge in [0, 0.05) is 5.56 Å². The van der Waals surface area contributed by atoms with Gasteiger partial charge in [-0.15, -0.1) is 0 Å². The van der Waals surface area contributed by atoms with E-state index in [0.717, 1.165) is 11.1 Å². The number of hydrogen-bond donors (Lipinski definition) is 1. The zero-order valence-electron chi connectivity index (χ0n) is 11.9. The van der Waals surface area contributed by atoms with Crippen LogP contribution in [-0.2, 0) is 0 Å². The molecule has 20 heavy (non-hydrogen) atoms. The molecule has 0 amide bonds. The highest BCUT2D eigenvalue weighted by Gasteiger charge is 2.20. The van der Waals surface area contributed by atoms with Crippen LogP contribution in [0.2, 0.25) is 0 Å². The van der Waals surface area contributed by atoms with Gasteiger partial charge in [0.1, 0.15) is 0 Å². The maximum absolute atomic E-state index is 6.33. The molecular formula is C16H19NO3. The molecule has 2 N–H and O–H groups in total. The summed E-state index contributed by atoms with van der Waals surface area (Å²) in [6, 6.07) is 13.3. The van der Waals surface area contributed by atoms with Crippen LogP contribution in [0.1, 0.15) is 17.2 Å². The van der Waals surface area contributed by atoms with Gasteiger partial charge in [-0.2, -0.15) is 0 Å². The van der Waals surface area contributed by atoms with Crippen molar-refractivity contribution >= 4 is 0 Å². The van der Waals surface area contributed by atoms with Crippen molar-refractivity contribution in [2.75, 3.05) is 21.3 Å². The van der Waals surface area contributed by atoms with Gasteiger partial charge in [0.2, 0.25) is 5.75 Å². The molecule has 0 spiro atoms. The molecule has 0 aromatic heterocycles.